The van der Waals surface area contributed by atoms with Gasteiger partial charge in [0.25, 0.3) is 0 Å². The number of nitrogens with zero attached hydrogens (tertiary/aromatic N) is 2. The normalized spacial score (nSPS) is 26.8. The van der Waals surface area contributed by atoms with Crippen LogP contribution in [-0.4, -0.2) is 37.0 Å². The molecule has 20 heavy (non-hydrogen) atoms. The molecule has 0 aromatic heterocycles. The summed E-state index contributed by atoms with van der Waals surface area (Å²) in [5.74, 6) is 0.274. The van der Waals surface area contributed by atoms with Crippen molar-refractivity contribution >= 4 is 11.6 Å². The third kappa shape index (κ3) is 2.40. The predicted molar refractivity (Wildman–Crippen MR) is 80.6 cm³/mol. The minimum absolute atomic E-state index is 0.0542. The second kappa shape index (κ2) is 5.09. The van der Waals surface area contributed by atoms with E-state index in [1.54, 1.807) is 0 Å². The van der Waals surface area contributed by atoms with Gasteiger partial charge in [-0.3, -0.25) is 4.79 Å². The van der Waals surface area contributed by atoms with Crippen molar-refractivity contribution in [3.05, 3.63) is 29.8 Å². The third-order valence-electron chi connectivity index (χ3n) is 4.38. The number of carbonyl (C=O) groups excluding carboxylic acids is 1. The number of hydrogen-bond acceptors (Lipinski definition) is 3. The van der Waals surface area contributed by atoms with Crippen LogP contribution in [0.25, 0.3) is 0 Å². The van der Waals surface area contributed by atoms with Gasteiger partial charge in [0.05, 0.1) is 6.04 Å². The Labute approximate surface area is 120 Å². The molecule has 2 aliphatic rings. The Morgan fingerprint density at radius 3 is 2.35 bits per heavy atom. The van der Waals surface area contributed by atoms with E-state index in [2.05, 4.69) is 34.1 Å². The Morgan fingerprint density at radius 2 is 1.80 bits per heavy atom. The van der Waals surface area contributed by atoms with Gasteiger partial charge in [-0.25, -0.2) is 0 Å². The molecule has 1 aromatic rings. The van der Waals surface area contributed by atoms with E-state index in [1.165, 1.54) is 11.3 Å². The van der Waals surface area contributed by atoms with Crippen LogP contribution in [-0.2, 0) is 4.79 Å². The molecule has 0 spiro atoms. The van der Waals surface area contributed by atoms with Gasteiger partial charge < -0.3 is 15.5 Å². The van der Waals surface area contributed by atoms with Gasteiger partial charge in [0.2, 0.25) is 5.91 Å². The summed E-state index contributed by atoms with van der Waals surface area (Å²) in [5, 5.41) is 0. The summed E-state index contributed by atoms with van der Waals surface area (Å²) < 4.78 is 0. The van der Waals surface area contributed by atoms with Crippen LogP contribution < -0.4 is 10.6 Å². The summed E-state index contributed by atoms with van der Waals surface area (Å²) in [4.78, 5) is 16.4. The Morgan fingerprint density at radius 1 is 1.15 bits per heavy atom. The maximum Gasteiger partial charge on any atom is 0.223 e. The molecule has 0 bridgehead atoms. The number of hydrogen-bond donors (Lipinski definition) is 1. The van der Waals surface area contributed by atoms with E-state index in [4.69, 9.17) is 5.73 Å². The first kappa shape index (κ1) is 13.4. The Kier molecular flexibility index (Phi) is 3.42. The Balaban J connectivity index is 1.90. The van der Waals surface area contributed by atoms with E-state index in [0.29, 0.717) is 12.5 Å². The lowest BCUT2D eigenvalue weighted by Crippen LogP contribution is -2.49. The summed E-state index contributed by atoms with van der Waals surface area (Å²) in [7, 11) is 4.06. The average molecular weight is 273 g/mol. The average Bonchev–Trinajstić information content (AvgIpc) is 3.25. The first-order chi connectivity index (χ1) is 9.58. The van der Waals surface area contributed by atoms with Gasteiger partial charge in [0.1, 0.15) is 0 Å². The highest BCUT2D eigenvalue weighted by Gasteiger charge is 2.42. The van der Waals surface area contributed by atoms with Gasteiger partial charge in [-0.2, -0.15) is 0 Å². The fourth-order valence-electron chi connectivity index (χ4n) is 3.10. The second-order valence-corrected chi connectivity index (χ2v) is 6.17. The molecule has 2 unspecified atom stereocenters. The van der Waals surface area contributed by atoms with Crippen LogP contribution in [0.5, 0.6) is 0 Å². The minimum Gasteiger partial charge on any atom is -0.378 e. The number of rotatable bonds is 3. The van der Waals surface area contributed by atoms with E-state index in [0.717, 1.165) is 19.3 Å². The number of nitrogens with two attached hydrogens (primary N) is 1. The molecule has 1 heterocycles. The van der Waals surface area contributed by atoms with Crippen LogP contribution in [0.15, 0.2) is 24.3 Å². The van der Waals surface area contributed by atoms with Crippen LogP contribution in [0.4, 0.5) is 5.69 Å². The van der Waals surface area contributed by atoms with Gasteiger partial charge in [0, 0.05) is 38.3 Å². The molecule has 4 heteroatoms. The lowest BCUT2D eigenvalue weighted by molar-refractivity contribution is -0.138. The maximum absolute atomic E-state index is 12.2. The number of amides is 1. The number of carbonyl (C=O) groups is 1. The van der Waals surface area contributed by atoms with E-state index in [1.807, 2.05) is 14.1 Å². The summed E-state index contributed by atoms with van der Waals surface area (Å²) in [6.45, 7) is 0. The fourth-order valence-corrected chi connectivity index (χ4v) is 3.10. The van der Waals surface area contributed by atoms with Crippen molar-refractivity contribution in [2.24, 2.45) is 5.73 Å². The Hall–Kier alpha value is -1.55. The molecule has 2 N–H and O–H groups in total. The molecule has 1 amide bonds. The summed E-state index contributed by atoms with van der Waals surface area (Å²) in [6.07, 6.45) is 3.65. The first-order valence-corrected chi connectivity index (χ1v) is 7.42. The van der Waals surface area contributed by atoms with Gasteiger partial charge in [-0.15, -0.1) is 0 Å². The molecule has 2 fully saturated rings. The molecule has 4 nitrogen and oxygen atoms in total. The lowest BCUT2D eigenvalue weighted by atomic mass is 9.90. The van der Waals surface area contributed by atoms with Crippen molar-refractivity contribution in [2.75, 3.05) is 19.0 Å². The van der Waals surface area contributed by atoms with Crippen LogP contribution >= 0.6 is 0 Å². The van der Waals surface area contributed by atoms with E-state index >= 15 is 0 Å². The number of benzene rings is 1. The van der Waals surface area contributed by atoms with Gasteiger partial charge in [0.15, 0.2) is 0 Å². The lowest BCUT2D eigenvalue weighted by Gasteiger charge is -2.40. The molecule has 1 aromatic carbocycles. The molecule has 1 saturated carbocycles. The second-order valence-electron chi connectivity index (χ2n) is 6.17. The molecule has 1 saturated heterocycles. The van der Waals surface area contributed by atoms with Crippen molar-refractivity contribution < 1.29 is 4.79 Å². The zero-order valence-corrected chi connectivity index (χ0v) is 12.2. The highest BCUT2D eigenvalue weighted by molar-refractivity contribution is 5.78. The largest absolute Gasteiger partial charge is 0.378 e. The van der Waals surface area contributed by atoms with Gasteiger partial charge >= 0.3 is 0 Å². The zero-order valence-electron chi connectivity index (χ0n) is 12.2. The van der Waals surface area contributed by atoms with Crippen molar-refractivity contribution in [1.29, 1.82) is 0 Å². The standard InChI is InChI=1S/C16H23N3O/c1-18(2)12-5-3-11(4-6-12)16-14(17)9-10-15(20)19(16)13-7-8-13/h3-6,13-14,16H,7-10,17H2,1-2H3. The smallest absolute Gasteiger partial charge is 0.223 e. The maximum atomic E-state index is 12.2. The first-order valence-electron chi connectivity index (χ1n) is 7.42. The predicted octanol–water partition coefficient (Wildman–Crippen LogP) is 1.91. The third-order valence-corrected chi connectivity index (χ3v) is 4.38. The van der Waals surface area contributed by atoms with Crippen LogP contribution in [0.2, 0.25) is 0 Å². The molecule has 3 rings (SSSR count). The highest BCUT2D eigenvalue weighted by atomic mass is 16.2. The van der Waals surface area contributed by atoms with Crippen LogP contribution in [0, 0.1) is 0 Å². The van der Waals surface area contributed by atoms with E-state index in [9.17, 15) is 4.79 Å². The summed E-state index contributed by atoms with van der Waals surface area (Å²) >= 11 is 0. The summed E-state index contributed by atoms with van der Waals surface area (Å²) in [6, 6.07) is 8.98. The topological polar surface area (TPSA) is 49.6 Å². The van der Waals surface area contributed by atoms with Crippen molar-refractivity contribution in [1.82, 2.24) is 4.90 Å². The van der Waals surface area contributed by atoms with Gasteiger partial charge in [-0.1, -0.05) is 12.1 Å². The monoisotopic (exact) mass is 273 g/mol. The molecule has 0 radical (unpaired) electrons. The molecular formula is C16H23N3O. The SMILES string of the molecule is CN(C)c1ccc(C2C(N)CCC(=O)N2C2CC2)cc1. The molecule has 108 valence electrons. The van der Waals surface area contributed by atoms with Crippen molar-refractivity contribution in [3.8, 4) is 0 Å². The van der Waals surface area contributed by atoms with Crippen molar-refractivity contribution in [2.45, 2.75) is 43.8 Å². The van der Waals surface area contributed by atoms with E-state index < -0.39 is 0 Å². The number of anilines is 1. The van der Waals surface area contributed by atoms with E-state index in [-0.39, 0.29) is 18.0 Å². The number of piperidine rings is 1. The molecule has 2 atom stereocenters. The minimum atomic E-state index is 0.0542. The molecular weight excluding hydrogens is 250 g/mol. The van der Waals surface area contributed by atoms with Crippen molar-refractivity contribution in [3.63, 3.8) is 0 Å². The zero-order chi connectivity index (χ0) is 14.3. The quantitative estimate of drug-likeness (QED) is 0.915. The summed E-state index contributed by atoms with van der Waals surface area (Å²) in [5.41, 5.74) is 8.66. The fraction of sp³-hybridized carbons (Fsp3) is 0.562. The van der Waals surface area contributed by atoms with Crippen LogP contribution in [0.3, 0.4) is 0 Å². The highest BCUT2D eigenvalue weighted by Crippen LogP contribution is 2.40. The number of likely N-dealkylation sites (tertiary alicyclic amines) is 1. The molecule has 1 aliphatic heterocycles. The van der Waals surface area contributed by atoms with Gasteiger partial charge in [-0.05, 0) is 37.0 Å². The van der Waals surface area contributed by atoms with Crippen LogP contribution in [0.1, 0.15) is 37.3 Å². The Bertz CT molecular complexity index is 493. The molecule has 1 aliphatic carbocycles.